The SMILES string of the molecule is COc1ccccc1[C@@]1(CC[NH+]2CCN(c3ccccc3)CC2)CCOC(C)(C)C1. The fraction of sp³-hybridized carbons (Fsp3) is 0.538. The van der Waals surface area contributed by atoms with Crippen LogP contribution in [0.5, 0.6) is 5.75 Å². The van der Waals surface area contributed by atoms with Crippen LogP contribution in [0.15, 0.2) is 54.6 Å². The van der Waals surface area contributed by atoms with Gasteiger partial charge in [0, 0.05) is 29.7 Å². The Morgan fingerprint density at radius 1 is 1.00 bits per heavy atom. The van der Waals surface area contributed by atoms with Gasteiger partial charge in [0.15, 0.2) is 0 Å². The maximum atomic E-state index is 6.12. The van der Waals surface area contributed by atoms with E-state index < -0.39 is 0 Å². The molecule has 2 fully saturated rings. The molecule has 2 aliphatic heterocycles. The van der Waals surface area contributed by atoms with E-state index in [1.54, 1.807) is 12.0 Å². The van der Waals surface area contributed by atoms with Gasteiger partial charge in [-0.15, -0.1) is 0 Å². The molecular weight excluding hydrogens is 372 g/mol. The van der Waals surface area contributed by atoms with Crippen LogP contribution < -0.4 is 14.5 Å². The smallest absolute Gasteiger partial charge is 0.122 e. The first-order valence-corrected chi connectivity index (χ1v) is 11.4. The van der Waals surface area contributed by atoms with Crippen molar-refractivity contribution in [3.05, 3.63) is 60.2 Å². The number of nitrogens with one attached hydrogen (secondary N) is 1. The van der Waals surface area contributed by atoms with E-state index in [4.69, 9.17) is 9.47 Å². The number of hydrogen-bond acceptors (Lipinski definition) is 3. The minimum atomic E-state index is -0.0968. The molecule has 2 saturated heterocycles. The molecule has 4 nitrogen and oxygen atoms in total. The lowest BCUT2D eigenvalue weighted by Gasteiger charge is -2.46. The summed E-state index contributed by atoms with van der Waals surface area (Å²) in [5.41, 5.74) is 2.75. The van der Waals surface area contributed by atoms with Crippen LogP contribution in [-0.4, -0.2) is 52.0 Å². The van der Waals surface area contributed by atoms with E-state index in [0.29, 0.717) is 0 Å². The van der Waals surface area contributed by atoms with Crippen molar-refractivity contribution >= 4 is 5.69 Å². The number of para-hydroxylation sites is 2. The Labute approximate surface area is 181 Å². The van der Waals surface area contributed by atoms with Crippen molar-refractivity contribution in [2.24, 2.45) is 0 Å². The molecule has 0 unspecified atom stereocenters. The zero-order valence-electron chi connectivity index (χ0n) is 18.8. The van der Waals surface area contributed by atoms with E-state index >= 15 is 0 Å². The van der Waals surface area contributed by atoms with Crippen molar-refractivity contribution in [3.8, 4) is 5.75 Å². The van der Waals surface area contributed by atoms with E-state index in [9.17, 15) is 0 Å². The number of rotatable bonds is 6. The van der Waals surface area contributed by atoms with Crippen LogP contribution in [-0.2, 0) is 10.2 Å². The minimum Gasteiger partial charge on any atom is -0.496 e. The van der Waals surface area contributed by atoms with Gasteiger partial charge in [-0.2, -0.15) is 0 Å². The van der Waals surface area contributed by atoms with Gasteiger partial charge in [-0.05, 0) is 44.9 Å². The molecule has 4 rings (SSSR count). The van der Waals surface area contributed by atoms with Crippen molar-refractivity contribution in [2.75, 3.05) is 51.3 Å². The molecule has 0 spiro atoms. The summed E-state index contributed by atoms with van der Waals surface area (Å²) >= 11 is 0. The van der Waals surface area contributed by atoms with Gasteiger partial charge in [-0.25, -0.2) is 0 Å². The Morgan fingerprint density at radius 2 is 1.70 bits per heavy atom. The highest BCUT2D eigenvalue weighted by molar-refractivity contribution is 5.46. The van der Waals surface area contributed by atoms with E-state index in [1.165, 1.54) is 37.3 Å². The predicted molar refractivity (Wildman–Crippen MR) is 123 cm³/mol. The molecule has 4 heteroatoms. The molecule has 2 aromatic rings. The van der Waals surface area contributed by atoms with Gasteiger partial charge in [0.2, 0.25) is 0 Å². The van der Waals surface area contributed by atoms with E-state index in [1.807, 2.05) is 0 Å². The largest absolute Gasteiger partial charge is 0.496 e. The number of benzene rings is 2. The second-order valence-electron chi connectivity index (χ2n) is 9.59. The first-order valence-electron chi connectivity index (χ1n) is 11.4. The predicted octanol–water partition coefficient (Wildman–Crippen LogP) is 3.32. The third-order valence-electron chi connectivity index (χ3n) is 7.06. The molecule has 162 valence electrons. The lowest BCUT2D eigenvalue weighted by atomic mass is 9.67. The Kier molecular flexibility index (Phi) is 6.35. The molecule has 0 amide bonds. The zero-order valence-corrected chi connectivity index (χ0v) is 18.8. The van der Waals surface area contributed by atoms with Gasteiger partial charge in [0.25, 0.3) is 0 Å². The number of quaternary nitrogens is 1. The standard InChI is InChI=1S/C26H36N2O2/c1-25(2)21-26(14-20-30-25,23-11-7-8-12-24(23)29-3)13-15-27-16-18-28(19-17-27)22-9-5-4-6-10-22/h4-12H,13-21H2,1-3H3/p+1/t26-/m0/s1. The van der Waals surface area contributed by atoms with E-state index in [0.717, 1.165) is 38.3 Å². The lowest BCUT2D eigenvalue weighted by molar-refractivity contribution is -0.901. The molecule has 30 heavy (non-hydrogen) atoms. The number of methoxy groups -OCH3 is 1. The molecule has 0 aliphatic carbocycles. The fourth-order valence-corrected chi connectivity index (χ4v) is 5.52. The highest BCUT2D eigenvalue weighted by Gasteiger charge is 2.44. The number of ether oxygens (including phenoxy) is 2. The summed E-state index contributed by atoms with van der Waals surface area (Å²) in [7, 11) is 1.80. The van der Waals surface area contributed by atoms with Crippen molar-refractivity contribution in [2.45, 2.75) is 44.1 Å². The topological polar surface area (TPSA) is 26.1 Å². The summed E-state index contributed by atoms with van der Waals surface area (Å²) in [5.74, 6) is 1.03. The average Bonchev–Trinajstić information content (AvgIpc) is 2.78. The highest BCUT2D eigenvalue weighted by Crippen LogP contribution is 2.46. The molecule has 2 aliphatic rings. The van der Waals surface area contributed by atoms with Crippen LogP contribution in [0.3, 0.4) is 0 Å². The Bertz CT molecular complexity index is 815. The monoisotopic (exact) mass is 409 g/mol. The molecule has 0 saturated carbocycles. The first kappa shape index (κ1) is 21.2. The minimum absolute atomic E-state index is 0.0968. The second-order valence-corrected chi connectivity index (χ2v) is 9.59. The van der Waals surface area contributed by atoms with Gasteiger partial charge >= 0.3 is 0 Å². The summed E-state index contributed by atoms with van der Waals surface area (Å²) in [6, 6.07) is 19.5. The summed E-state index contributed by atoms with van der Waals surface area (Å²) in [6.07, 6.45) is 3.30. The third-order valence-corrected chi connectivity index (χ3v) is 7.06. The average molecular weight is 410 g/mol. The molecule has 2 heterocycles. The first-order chi connectivity index (χ1) is 14.5. The Balaban J connectivity index is 1.46. The zero-order chi connectivity index (χ0) is 21.0. The van der Waals surface area contributed by atoms with Gasteiger partial charge in [-0.1, -0.05) is 36.4 Å². The van der Waals surface area contributed by atoms with Gasteiger partial charge in [-0.3, -0.25) is 0 Å². The summed E-state index contributed by atoms with van der Waals surface area (Å²) in [5, 5.41) is 0. The van der Waals surface area contributed by atoms with Crippen molar-refractivity contribution in [3.63, 3.8) is 0 Å². The molecule has 0 bridgehead atoms. The van der Waals surface area contributed by atoms with Crippen LogP contribution in [0.25, 0.3) is 0 Å². The van der Waals surface area contributed by atoms with Gasteiger partial charge in [0.1, 0.15) is 5.75 Å². The van der Waals surface area contributed by atoms with Crippen molar-refractivity contribution in [1.82, 2.24) is 0 Å². The van der Waals surface area contributed by atoms with E-state index in [-0.39, 0.29) is 11.0 Å². The fourth-order valence-electron chi connectivity index (χ4n) is 5.52. The maximum Gasteiger partial charge on any atom is 0.122 e. The summed E-state index contributed by atoms with van der Waals surface area (Å²) in [6.45, 7) is 11.2. The van der Waals surface area contributed by atoms with Crippen LogP contribution in [0.2, 0.25) is 0 Å². The number of hydrogen-bond donors (Lipinski definition) is 1. The van der Waals surface area contributed by atoms with Crippen LogP contribution >= 0.6 is 0 Å². The molecule has 0 aromatic heterocycles. The molecular formula is C26H37N2O2+. The number of anilines is 1. The Hall–Kier alpha value is -2.04. The highest BCUT2D eigenvalue weighted by atomic mass is 16.5. The molecule has 1 N–H and O–H groups in total. The van der Waals surface area contributed by atoms with Crippen LogP contribution in [0.4, 0.5) is 5.69 Å². The second kappa shape index (κ2) is 8.99. The van der Waals surface area contributed by atoms with Gasteiger partial charge in [0.05, 0.1) is 45.4 Å². The molecule has 1 atom stereocenters. The van der Waals surface area contributed by atoms with E-state index in [2.05, 4.69) is 73.3 Å². The molecule has 2 aromatic carbocycles. The number of nitrogens with zero attached hydrogens (tertiary/aromatic N) is 1. The normalized spacial score (nSPS) is 24.6. The summed E-state index contributed by atoms with van der Waals surface area (Å²) < 4.78 is 11.9. The quantitative estimate of drug-likeness (QED) is 0.793. The van der Waals surface area contributed by atoms with Crippen molar-refractivity contribution in [1.29, 1.82) is 0 Å². The lowest BCUT2D eigenvalue weighted by Crippen LogP contribution is -3.15. The van der Waals surface area contributed by atoms with Crippen LogP contribution in [0.1, 0.15) is 38.7 Å². The maximum absolute atomic E-state index is 6.12. The van der Waals surface area contributed by atoms with Crippen LogP contribution in [0, 0.1) is 0 Å². The number of piperazine rings is 1. The Morgan fingerprint density at radius 3 is 2.40 bits per heavy atom. The third kappa shape index (κ3) is 4.65. The van der Waals surface area contributed by atoms with Gasteiger partial charge < -0.3 is 19.3 Å². The van der Waals surface area contributed by atoms with Crippen molar-refractivity contribution < 1.29 is 14.4 Å². The molecule has 0 radical (unpaired) electrons. The summed E-state index contributed by atoms with van der Waals surface area (Å²) in [4.78, 5) is 4.25.